The Hall–Kier alpha value is -2.51. The van der Waals surface area contributed by atoms with Gasteiger partial charge in [0, 0.05) is 18.9 Å². The molecule has 7 heteroatoms. The van der Waals surface area contributed by atoms with Crippen molar-refractivity contribution < 1.29 is 8.42 Å². The smallest absolute Gasteiger partial charge is 0.215 e. The van der Waals surface area contributed by atoms with Gasteiger partial charge in [0.2, 0.25) is 10.0 Å². The third-order valence-corrected chi connectivity index (χ3v) is 5.07. The molecule has 130 valence electrons. The molecule has 0 bridgehead atoms. The lowest BCUT2D eigenvalue weighted by molar-refractivity contribution is 0.560. The Morgan fingerprint density at radius 1 is 1.04 bits per heavy atom. The van der Waals surface area contributed by atoms with E-state index in [9.17, 15) is 8.42 Å². The van der Waals surface area contributed by atoms with Gasteiger partial charge in [0.1, 0.15) is 5.69 Å². The van der Waals surface area contributed by atoms with E-state index in [4.69, 9.17) is 0 Å². The van der Waals surface area contributed by atoms with Gasteiger partial charge in [-0.15, -0.1) is 0 Å². The highest BCUT2D eigenvalue weighted by Gasteiger charge is 2.11. The lowest BCUT2D eigenvalue weighted by Gasteiger charge is -2.07. The first-order chi connectivity index (χ1) is 12.0. The predicted octanol–water partition coefficient (Wildman–Crippen LogP) is 2.37. The van der Waals surface area contributed by atoms with Gasteiger partial charge in [-0.05, 0) is 30.7 Å². The molecule has 0 aliphatic carbocycles. The monoisotopic (exact) mass is 356 g/mol. The summed E-state index contributed by atoms with van der Waals surface area (Å²) in [5.74, 6) is -0.0222. The van der Waals surface area contributed by atoms with Crippen LogP contribution in [0.25, 0.3) is 11.4 Å². The summed E-state index contributed by atoms with van der Waals surface area (Å²) in [6.07, 6.45) is 3.53. The van der Waals surface area contributed by atoms with E-state index < -0.39 is 10.0 Å². The number of aromatic nitrogens is 3. The Labute approximate surface area is 147 Å². The highest BCUT2D eigenvalue weighted by Crippen LogP contribution is 2.12. The molecule has 0 fully saturated rings. The zero-order chi connectivity index (χ0) is 17.7. The molecular weight excluding hydrogens is 336 g/mol. The minimum Gasteiger partial charge on any atom is -0.271 e. The third kappa shape index (κ3) is 4.98. The molecule has 1 aromatic carbocycles. The topological polar surface area (TPSA) is 76.9 Å². The van der Waals surface area contributed by atoms with E-state index in [1.165, 1.54) is 0 Å². The van der Waals surface area contributed by atoms with Crippen molar-refractivity contribution in [3.8, 4) is 11.4 Å². The van der Waals surface area contributed by atoms with Crippen LogP contribution in [0.15, 0.2) is 60.9 Å². The van der Waals surface area contributed by atoms with Crippen LogP contribution in [0.2, 0.25) is 0 Å². The summed E-state index contributed by atoms with van der Waals surface area (Å²) in [6, 6.07) is 15.0. The second-order valence-corrected chi connectivity index (χ2v) is 7.62. The summed E-state index contributed by atoms with van der Waals surface area (Å²) in [6.45, 7) is 2.72. The molecule has 0 spiro atoms. The van der Waals surface area contributed by atoms with Crippen molar-refractivity contribution in [2.45, 2.75) is 19.2 Å². The predicted molar refractivity (Wildman–Crippen MR) is 97.3 cm³/mol. The number of pyridine rings is 1. The van der Waals surface area contributed by atoms with Gasteiger partial charge in [-0.3, -0.25) is 9.67 Å². The molecule has 0 saturated heterocycles. The van der Waals surface area contributed by atoms with Gasteiger partial charge in [-0.25, -0.2) is 13.1 Å². The van der Waals surface area contributed by atoms with Crippen LogP contribution < -0.4 is 4.72 Å². The van der Waals surface area contributed by atoms with Crippen LogP contribution in [0, 0.1) is 6.92 Å². The van der Waals surface area contributed by atoms with Crippen LogP contribution in [-0.4, -0.2) is 29.7 Å². The van der Waals surface area contributed by atoms with E-state index in [-0.39, 0.29) is 12.3 Å². The fourth-order valence-corrected chi connectivity index (χ4v) is 3.54. The fraction of sp³-hybridized carbons (Fsp3) is 0.222. The fourth-order valence-electron chi connectivity index (χ4n) is 2.41. The Morgan fingerprint density at radius 2 is 1.84 bits per heavy atom. The van der Waals surface area contributed by atoms with E-state index >= 15 is 0 Å². The average Bonchev–Trinajstić information content (AvgIpc) is 3.06. The summed E-state index contributed by atoms with van der Waals surface area (Å²) < 4.78 is 28.6. The number of sulfonamides is 1. The van der Waals surface area contributed by atoms with E-state index in [0.717, 1.165) is 22.5 Å². The lowest BCUT2D eigenvalue weighted by Crippen LogP contribution is -2.28. The van der Waals surface area contributed by atoms with E-state index in [0.29, 0.717) is 6.54 Å². The Morgan fingerprint density at radius 3 is 2.56 bits per heavy atom. The van der Waals surface area contributed by atoms with Crippen LogP contribution in [0.3, 0.4) is 0 Å². The molecule has 2 heterocycles. The van der Waals surface area contributed by atoms with Gasteiger partial charge in [-0.1, -0.05) is 35.9 Å². The average molecular weight is 356 g/mol. The quantitative estimate of drug-likeness (QED) is 0.705. The Kier molecular flexibility index (Phi) is 5.25. The molecule has 1 N–H and O–H groups in total. The van der Waals surface area contributed by atoms with Gasteiger partial charge < -0.3 is 0 Å². The molecule has 3 aromatic rings. The molecule has 0 unspecified atom stereocenters. The van der Waals surface area contributed by atoms with Crippen LogP contribution in [0.5, 0.6) is 0 Å². The Bertz CT molecular complexity index is 919. The number of hydrogen-bond donors (Lipinski definition) is 1. The largest absolute Gasteiger partial charge is 0.271 e. The van der Waals surface area contributed by atoms with Gasteiger partial charge in [0.25, 0.3) is 0 Å². The summed E-state index contributed by atoms with van der Waals surface area (Å²) in [4.78, 5) is 4.25. The molecule has 0 saturated carbocycles. The molecule has 0 aliphatic heterocycles. The second-order valence-electron chi connectivity index (χ2n) is 5.82. The van der Waals surface area contributed by atoms with Crippen molar-refractivity contribution in [3.05, 3.63) is 72.1 Å². The van der Waals surface area contributed by atoms with Crippen molar-refractivity contribution in [2.75, 3.05) is 6.54 Å². The molecule has 3 rings (SSSR count). The standard InChI is InChI=1S/C18H20N4O2S/c1-15-5-7-16(8-6-15)14-25(23,24)20-11-13-22-12-9-18(21-22)17-4-2-3-10-19-17/h2-10,12,20H,11,13-14H2,1H3. The number of nitrogens with zero attached hydrogens (tertiary/aromatic N) is 3. The van der Waals surface area contributed by atoms with E-state index in [2.05, 4.69) is 14.8 Å². The highest BCUT2D eigenvalue weighted by atomic mass is 32.2. The zero-order valence-corrected chi connectivity index (χ0v) is 14.8. The number of rotatable bonds is 7. The number of aryl methyl sites for hydroxylation is 1. The number of nitrogens with one attached hydrogen (secondary N) is 1. The molecule has 0 atom stereocenters. The van der Waals surface area contributed by atoms with Gasteiger partial charge in [-0.2, -0.15) is 5.10 Å². The van der Waals surface area contributed by atoms with E-state index in [1.54, 1.807) is 10.9 Å². The minimum atomic E-state index is -3.37. The van der Waals surface area contributed by atoms with Gasteiger partial charge in [0.05, 0.1) is 18.0 Å². The minimum absolute atomic E-state index is 0.0222. The molecule has 2 aromatic heterocycles. The first-order valence-corrected chi connectivity index (χ1v) is 9.65. The van der Waals surface area contributed by atoms with Crippen molar-refractivity contribution in [1.82, 2.24) is 19.5 Å². The maximum absolute atomic E-state index is 12.2. The molecule has 0 radical (unpaired) electrons. The number of hydrogen-bond acceptors (Lipinski definition) is 4. The maximum atomic E-state index is 12.2. The summed E-state index contributed by atoms with van der Waals surface area (Å²) in [5.41, 5.74) is 3.44. The van der Waals surface area contributed by atoms with Crippen LogP contribution in [0.1, 0.15) is 11.1 Å². The van der Waals surface area contributed by atoms with Crippen LogP contribution in [-0.2, 0) is 22.3 Å². The maximum Gasteiger partial charge on any atom is 0.215 e. The summed E-state index contributed by atoms with van der Waals surface area (Å²) in [5, 5.41) is 4.41. The van der Waals surface area contributed by atoms with Crippen LogP contribution >= 0.6 is 0 Å². The van der Waals surface area contributed by atoms with Crippen molar-refractivity contribution >= 4 is 10.0 Å². The molecular formula is C18H20N4O2S. The van der Waals surface area contributed by atoms with Gasteiger partial charge >= 0.3 is 0 Å². The van der Waals surface area contributed by atoms with E-state index in [1.807, 2.05) is 61.7 Å². The molecule has 6 nitrogen and oxygen atoms in total. The van der Waals surface area contributed by atoms with Gasteiger partial charge in [0.15, 0.2) is 0 Å². The van der Waals surface area contributed by atoms with Crippen molar-refractivity contribution in [2.24, 2.45) is 0 Å². The SMILES string of the molecule is Cc1ccc(CS(=O)(=O)NCCn2ccc(-c3ccccn3)n2)cc1. The first kappa shape index (κ1) is 17.3. The second kappa shape index (κ2) is 7.58. The Balaban J connectivity index is 1.54. The van der Waals surface area contributed by atoms with Crippen LogP contribution in [0.4, 0.5) is 0 Å². The molecule has 0 aliphatic rings. The molecule has 25 heavy (non-hydrogen) atoms. The zero-order valence-electron chi connectivity index (χ0n) is 14.0. The van der Waals surface area contributed by atoms with Crippen molar-refractivity contribution in [3.63, 3.8) is 0 Å². The normalized spacial score (nSPS) is 11.6. The summed E-state index contributed by atoms with van der Waals surface area (Å²) in [7, 11) is -3.37. The highest BCUT2D eigenvalue weighted by molar-refractivity contribution is 7.88. The number of benzene rings is 1. The lowest BCUT2D eigenvalue weighted by atomic mass is 10.2. The summed E-state index contributed by atoms with van der Waals surface area (Å²) >= 11 is 0. The molecule has 0 amide bonds. The third-order valence-electron chi connectivity index (χ3n) is 3.71. The first-order valence-electron chi connectivity index (χ1n) is 8.00. The van der Waals surface area contributed by atoms with Crippen molar-refractivity contribution in [1.29, 1.82) is 0 Å².